The zero-order valence-electron chi connectivity index (χ0n) is 20.8. The van der Waals surface area contributed by atoms with Crippen molar-refractivity contribution in [3.8, 4) is 0 Å². The number of hydrogen-bond donors (Lipinski definition) is 0. The predicted molar refractivity (Wildman–Crippen MR) is 130 cm³/mol. The van der Waals surface area contributed by atoms with Crippen molar-refractivity contribution in [1.29, 1.82) is 0 Å². The highest BCUT2D eigenvalue weighted by molar-refractivity contribution is 5.88. The van der Waals surface area contributed by atoms with Crippen molar-refractivity contribution < 1.29 is 14.3 Å². The van der Waals surface area contributed by atoms with E-state index in [4.69, 9.17) is 4.74 Å². The van der Waals surface area contributed by atoms with Crippen molar-refractivity contribution >= 4 is 11.8 Å². The maximum Gasteiger partial charge on any atom is 0.245 e. The van der Waals surface area contributed by atoms with Crippen molar-refractivity contribution in [2.45, 2.75) is 78.2 Å². The van der Waals surface area contributed by atoms with E-state index in [1.807, 2.05) is 21.9 Å². The van der Waals surface area contributed by atoms with Crippen molar-refractivity contribution in [1.82, 2.24) is 14.7 Å². The van der Waals surface area contributed by atoms with Gasteiger partial charge in [0.1, 0.15) is 6.04 Å². The topological polar surface area (TPSA) is 53.1 Å². The summed E-state index contributed by atoms with van der Waals surface area (Å²) < 4.78 is 5.87. The van der Waals surface area contributed by atoms with E-state index >= 15 is 0 Å². The number of hydrogen-bond acceptors (Lipinski definition) is 4. The first-order chi connectivity index (χ1) is 15.8. The Morgan fingerprint density at radius 3 is 2.30 bits per heavy atom. The van der Waals surface area contributed by atoms with E-state index in [1.54, 1.807) is 0 Å². The molecule has 1 aromatic carbocycles. The molecule has 33 heavy (non-hydrogen) atoms. The predicted octanol–water partition coefficient (Wildman–Crippen LogP) is 3.33. The Morgan fingerprint density at radius 2 is 1.67 bits per heavy atom. The van der Waals surface area contributed by atoms with Gasteiger partial charge >= 0.3 is 0 Å². The molecule has 0 spiro atoms. The Labute approximate surface area is 199 Å². The van der Waals surface area contributed by atoms with Crippen LogP contribution in [0.2, 0.25) is 0 Å². The second-order valence-corrected chi connectivity index (χ2v) is 10.9. The molecule has 6 heteroatoms. The number of nitrogens with zero attached hydrogens (tertiary/aromatic N) is 3. The molecule has 182 valence electrons. The summed E-state index contributed by atoms with van der Waals surface area (Å²) in [5.41, 5.74) is 2.38. The van der Waals surface area contributed by atoms with Crippen LogP contribution >= 0.6 is 0 Å². The number of carbonyl (C=O) groups excluding carboxylic acids is 2. The molecular formula is C27H41N3O3. The lowest BCUT2D eigenvalue weighted by atomic mass is 9.90. The maximum atomic E-state index is 13.7. The first kappa shape index (κ1) is 24.2. The van der Waals surface area contributed by atoms with Gasteiger partial charge in [-0.3, -0.25) is 14.5 Å². The minimum Gasteiger partial charge on any atom is -0.373 e. The summed E-state index contributed by atoms with van der Waals surface area (Å²) in [7, 11) is 0. The number of carbonyl (C=O) groups is 2. The third-order valence-corrected chi connectivity index (χ3v) is 7.37. The Balaban J connectivity index is 1.38. The molecule has 3 aliphatic rings. The molecule has 2 fully saturated rings. The first-order valence-electron chi connectivity index (χ1n) is 12.8. The number of rotatable bonds is 5. The Kier molecular flexibility index (Phi) is 7.75. The van der Waals surface area contributed by atoms with Crippen molar-refractivity contribution in [2.75, 3.05) is 32.7 Å². The van der Waals surface area contributed by atoms with Gasteiger partial charge in [0.2, 0.25) is 11.8 Å². The fourth-order valence-corrected chi connectivity index (χ4v) is 5.82. The molecule has 0 aliphatic carbocycles. The third-order valence-electron chi connectivity index (χ3n) is 7.37. The van der Waals surface area contributed by atoms with E-state index in [9.17, 15) is 9.59 Å². The van der Waals surface area contributed by atoms with Crippen LogP contribution in [-0.4, -0.2) is 77.5 Å². The van der Waals surface area contributed by atoms with Crippen LogP contribution in [0.3, 0.4) is 0 Å². The molecule has 0 saturated carbocycles. The molecule has 3 aliphatic heterocycles. The van der Waals surface area contributed by atoms with Gasteiger partial charge in [-0.1, -0.05) is 38.1 Å². The summed E-state index contributed by atoms with van der Waals surface area (Å²) in [6, 6.07) is 7.88. The van der Waals surface area contributed by atoms with Crippen LogP contribution in [0.25, 0.3) is 0 Å². The summed E-state index contributed by atoms with van der Waals surface area (Å²) in [6.07, 6.45) is 3.77. The fourth-order valence-electron chi connectivity index (χ4n) is 5.82. The van der Waals surface area contributed by atoms with E-state index in [0.717, 1.165) is 45.6 Å². The first-order valence-corrected chi connectivity index (χ1v) is 12.8. The van der Waals surface area contributed by atoms with Gasteiger partial charge in [0.05, 0.1) is 12.2 Å². The average molecular weight is 456 g/mol. The maximum absolute atomic E-state index is 13.7. The standard InChI is InChI=1S/C27H41N3O3/c1-19(2)13-26(31)30-18-24-8-6-5-7-23(24)14-25(30)27(32)29-11-9-22(10-12-29)17-28-15-20(3)33-21(4)16-28/h5-8,19-22,25H,9-18H2,1-4H3. The van der Waals surface area contributed by atoms with Crippen LogP contribution in [0, 0.1) is 11.8 Å². The summed E-state index contributed by atoms with van der Waals surface area (Å²) in [4.78, 5) is 33.1. The van der Waals surface area contributed by atoms with Crippen molar-refractivity contribution in [3.63, 3.8) is 0 Å². The minimum absolute atomic E-state index is 0.100. The number of fused-ring (bicyclic) bond motifs is 1. The highest BCUT2D eigenvalue weighted by Gasteiger charge is 2.38. The van der Waals surface area contributed by atoms with Gasteiger partial charge in [-0.15, -0.1) is 0 Å². The number of likely N-dealkylation sites (tertiary alicyclic amines) is 1. The molecule has 0 radical (unpaired) electrons. The van der Waals surface area contributed by atoms with Gasteiger partial charge in [-0.05, 0) is 49.7 Å². The number of morpholine rings is 1. The number of piperidine rings is 1. The lowest BCUT2D eigenvalue weighted by Gasteiger charge is -2.42. The smallest absolute Gasteiger partial charge is 0.245 e. The zero-order chi connectivity index (χ0) is 23.5. The molecular weight excluding hydrogens is 414 g/mol. The second kappa shape index (κ2) is 10.6. The Hall–Kier alpha value is -1.92. The van der Waals surface area contributed by atoms with Gasteiger partial charge in [0.15, 0.2) is 0 Å². The van der Waals surface area contributed by atoms with Crippen molar-refractivity contribution in [3.05, 3.63) is 35.4 Å². The minimum atomic E-state index is -0.372. The summed E-state index contributed by atoms with van der Waals surface area (Å²) >= 11 is 0. The van der Waals surface area contributed by atoms with E-state index in [2.05, 4.69) is 44.7 Å². The van der Waals surface area contributed by atoms with E-state index in [-0.39, 0.29) is 23.8 Å². The van der Waals surface area contributed by atoms with Gasteiger partial charge in [-0.2, -0.15) is 0 Å². The van der Waals surface area contributed by atoms with Gasteiger partial charge < -0.3 is 14.5 Å². The van der Waals surface area contributed by atoms with Crippen LogP contribution in [0.1, 0.15) is 58.1 Å². The van der Waals surface area contributed by atoms with E-state index in [1.165, 1.54) is 11.1 Å². The molecule has 3 atom stereocenters. The van der Waals surface area contributed by atoms with Gasteiger partial charge in [0, 0.05) is 52.1 Å². The van der Waals surface area contributed by atoms with Crippen LogP contribution < -0.4 is 0 Å². The van der Waals surface area contributed by atoms with E-state index < -0.39 is 0 Å². The van der Waals surface area contributed by atoms with Crippen molar-refractivity contribution in [2.24, 2.45) is 11.8 Å². The normalized spacial score (nSPS) is 27.0. The molecule has 3 unspecified atom stereocenters. The quantitative estimate of drug-likeness (QED) is 0.683. The zero-order valence-corrected chi connectivity index (χ0v) is 20.8. The number of ether oxygens (including phenoxy) is 1. The molecule has 0 bridgehead atoms. The summed E-state index contributed by atoms with van der Waals surface area (Å²) in [5.74, 6) is 1.14. The average Bonchev–Trinajstić information content (AvgIpc) is 2.77. The largest absolute Gasteiger partial charge is 0.373 e. The lowest BCUT2D eigenvalue weighted by molar-refractivity contribution is -0.148. The molecule has 1 aromatic rings. The SMILES string of the molecule is CC(C)CC(=O)N1Cc2ccccc2CC1C(=O)N1CCC(CN2CC(C)OC(C)C2)CC1. The molecule has 6 nitrogen and oxygen atoms in total. The monoisotopic (exact) mass is 455 g/mol. The summed E-state index contributed by atoms with van der Waals surface area (Å²) in [6.45, 7) is 13.7. The molecule has 0 aromatic heterocycles. The van der Waals surface area contributed by atoms with Gasteiger partial charge in [-0.25, -0.2) is 0 Å². The Morgan fingerprint density at radius 1 is 1.03 bits per heavy atom. The lowest BCUT2D eigenvalue weighted by Crippen LogP contribution is -2.55. The highest BCUT2D eigenvalue weighted by Crippen LogP contribution is 2.28. The molecule has 2 amide bonds. The highest BCUT2D eigenvalue weighted by atomic mass is 16.5. The van der Waals surface area contributed by atoms with E-state index in [0.29, 0.717) is 37.5 Å². The second-order valence-electron chi connectivity index (χ2n) is 10.9. The van der Waals surface area contributed by atoms with Crippen LogP contribution in [0.5, 0.6) is 0 Å². The number of amides is 2. The molecule has 4 rings (SSSR count). The number of benzene rings is 1. The molecule has 3 heterocycles. The summed E-state index contributed by atoms with van der Waals surface area (Å²) in [5, 5.41) is 0. The van der Waals surface area contributed by atoms with Crippen LogP contribution in [0.15, 0.2) is 24.3 Å². The molecule has 0 N–H and O–H groups in total. The molecule has 2 saturated heterocycles. The van der Waals surface area contributed by atoms with Gasteiger partial charge in [0.25, 0.3) is 0 Å². The van der Waals surface area contributed by atoms with Crippen LogP contribution in [-0.2, 0) is 27.3 Å². The third kappa shape index (κ3) is 5.96. The fraction of sp³-hybridized carbons (Fsp3) is 0.704. The van der Waals surface area contributed by atoms with Crippen LogP contribution in [0.4, 0.5) is 0 Å². The Bertz CT molecular complexity index is 824.